The van der Waals surface area contributed by atoms with E-state index in [1.807, 2.05) is 40.1 Å². The highest BCUT2D eigenvalue weighted by Gasteiger charge is 2.36. The van der Waals surface area contributed by atoms with Gasteiger partial charge in [-0.15, -0.1) is 0 Å². The minimum atomic E-state index is -0.583. The average Bonchev–Trinajstić information content (AvgIpc) is 2.92. The van der Waals surface area contributed by atoms with Gasteiger partial charge in [0.2, 0.25) is 5.91 Å². The molecule has 2 aromatic rings. The standard InChI is InChI=1S/C27H33N3O4/c1-34-23-12-8-11-22(19-23)26(32)30-17-13-20(14-18-30)24(27(33)29-15-6-3-7-16-29)28-25(31)21-9-4-2-5-10-21/h2,4-5,8-12,19-20,24H,3,6-7,13-18H2,1H3,(H,28,31)/t24-/m0/s1. The molecule has 2 aromatic carbocycles. The van der Waals surface area contributed by atoms with Crippen molar-refractivity contribution < 1.29 is 19.1 Å². The Bertz CT molecular complexity index is 996. The SMILES string of the molecule is COc1cccc(C(=O)N2CCC([C@H](NC(=O)c3ccccc3)C(=O)N3CCCCC3)CC2)c1. The van der Waals surface area contributed by atoms with Crippen LogP contribution in [0.5, 0.6) is 5.75 Å². The predicted molar refractivity (Wildman–Crippen MR) is 130 cm³/mol. The molecule has 7 nitrogen and oxygen atoms in total. The fraction of sp³-hybridized carbons (Fsp3) is 0.444. The Morgan fingerprint density at radius 1 is 0.853 bits per heavy atom. The van der Waals surface area contributed by atoms with E-state index in [-0.39, 0.29) is 23.6 Å². The molecule has 4 rings (SSSR count). The summed E-state index contributed by atoms with van der Waals surface area (Å²) in [4.78, 5) is 43.2. The zero-order valence-corrected chi connectivity index (χ0v) is 19.7. The van der Waals surface area contributed by atoms with Gasteiger partial charge in [-0.25, -0.2) is 0 Å². The van der Waals surface area contributed by atoms with Crippen LogP contribution in [-0.4, -0.2) is 66.9 Å². The maximum absolute atomic E-state index is 13.5. The largest absolute Gasteiger partial charge is 0.497 e. The smallest absolute Gasteiger partial charge is 0.253 e. The molecule has 34 heavy (non-hydrogen) atoms. The molecule has 1 N–H and O–H groups in total. The Kier molecular flexibility index (Phi) is 7.83. The van der Waals surface area contributed by atoms with Crippen LogP contribution in [0.25, 0.3) is 0 Å². The second-order valence-corrected chi connectivity index (χ2v) is 9.06. The van der Waals surface area contributed by atoms with E-state index in [0.717, 1.165) is 32.4 Å². The third-order valence-electron chi connectivity index (χ3n) is 6.87. The average molecular weight is 464 g/mol. The molecular weight excluding hydrogens is 430 g/mol. The number of nitrogens with one attached hydrogen (secondary N) is 1. The van der Waals surface area contributed by atoms with E-state index in [4.69, 9.17) is 4.74 Å². The lowest BCUT2D eigenvalue weighted by Crippen LogP contribution is -2.55. The number of likely N-dealkylation sites (tertiary alicyclic amines) is 2. The highest BCUT2D eigenvalue weighted by molar-refractivity contribution is 5.98. The summed E-state index contributed by atoms with van der Waals surface area (Å²) < 4.78 is 5.25. The minimum absolute atomic E-state index is 0.00144. The number of rotatable bonds is 6. The van der Waals surface area contributed by atoms with Crippen LogP contribution >= 0.6 is 0 Å². The number of piperidine rings is 2. The molecular formula is C27H33N3O4. The van der Waals surface area contributed by atoms with Gasteiger partial charge in [-0.1, -0.05) is 24.3 Å². The van der Waals surface area contributed by atoms with Crippen molar-refractivity contribution in [3.63, 3.8) is 0 Å². The van der Waals surface area contributed by atoms with Crippen molar-refractivity contribution in [2.75, 3.05) is 33.3 Å². The Morgan fingerprint density at radius 3 is 2.21 bits per heavy atom. The topological polar surface area (TPSA) is 79.0 Å². The molecule has 0 radical (unpaired) electrons. The van der Waals surface area contributed by atoms with Gasteiger partial charge >= 0.3 is 0 Å². The number of carbonyl (C=O) groups is 3. The van der Waals surface area contributed by atoms with Crippen molar-refractivity contribution in [2.45, 2.75) is 38.1 Å². The number of nitrogens with zero attached hydrogens (tertiary/aromatic N) is 2. The third-order valence-corrected chi connectivity index (χ3v) is 6.87. The molecule has 7 heteroatoms. The summed E-state index contributed by atoms with van der Waals surface area (Å²) in [6, 6.07) is 15.6. The molecule has 0 aromatic heterocycles. The van der Waals surface area contributed by atoms with Gasteiger partial charge in [-0.05, 0) is 68.4 Å². The lowest BCUT2D eigenvalue weighted by molar-refractivity contribution is -0.136. The highest BCUT2D eigenvalue weighted by Crippen LogP contribution is 2.25. The van der Waals surface area contributed by atoms with Gasteiger partial charge in [0.1, 0.15) is 11.8 Å². The van der Waals surface area contributed by atoms with Gasteiger partial charge in [0.15, 0.2) is 0 Å². The molecule has 2 saturated heterocycles. The first-order chi connectivity index (χ1) is 16.6. The summed E-state index contributed by atoms with van der Waals surface area (Å²) in [6.07, 6.45) is 4.46. The molecule has 2 heterocycles. The van der Waals surface area contributed by atoms with Gasteiger partial charge < -0.3 is 19.9 Å². The molecule has 0 saturated carbocycles. The summed E-state index contributed by atoms with van der Waals surface area (Å²) in [5.41, 5.74) is 1.14. The Labute approximate surface area is 201 Å². The molecule has 0 aliphatic carbocycles. The quantitative estimate of drug-likeness (QED) is 0.713. The summed E-state index contributed by atoms with van der Waals surface area (Å²) in [5, 5.41) is 3.04. The van der Waals surface area contributed by atoms with Crippen molar-refractivity contribution in [1.29, 1.82) is 0 Å². The van der Waals surface area contributed by atoms with Crippen molar-refractivity contribution >= 4 is 17.7 Å². The number of methoxy groups -OCH3 is 1. The number of hydrogen-bond acceptors (Lipinski definition) is 4. The lowest BCUT2D eigenvalue weighted by Gasteiger charge is -2.38. The predicted octanol–water partition coefficient (Wildman–Crippen LogP) is 3.36. The van der Waals surface area contributed by atoms with E-state index in [1.54, 1.807) is 31.4 Å². The van der Waals surface area contributed by atoms with E-state index >= 15 is 0 Å². The van der Waals surface area contributed by atoms with Crippen molar-refractivity contribution in [3.05, 3.63) is 65.7 Å². The van der Waals surface area contributed by atoms with Gasteiger partial charge in [0.25, 0.3) is 11.8 Å². The Hall–Kier alpha value is -3.35. The minimum Gasteiger partial charge on any atom is -0.497 e. The maximum Gasteiger partial charge on any atom is 0.253 e. The van der Waals surface area contributed by atoms with Gasteiger partial charge in [-0.3, -0.25) is 14.4 Å². The van der Waals surface area contributed by atoms with Crippen LogP contribution in [0.15, 0.2) is 54.6 Å². The fourth-order valence-electron chi connectivity index (χ4n) is 4.88. The molecule has 180 valence electrons. The van der Waals surface area contributed by atoms with E-state index < -0.39 is 6.04 Å². The van der Waals surface area contributed by atoms with Crippen LogP contribution in [-0.2, 0) is 4.79 Å². The lowest BCUT2D eigenvalue weighted by atomic mass is 9.87. The van der Waals surface area contributed by atoms with Gasteiger partial charge in [-0.2, -0.15) is 0 Å². The molecule has 2 fully saturated rings. The summed E-state index contributed by atoms with van der Waals surface area (Å²) >= 11 is 0. The number of amides is 3. The van der Waals surface area contributed by atoms with E-state index in [9.17, 15) is 14.4 Å². The van der Waals surface area contributed by atoms with Crippen LogP contribution in [0.4, 0.5) is 0 Å². The first-order valence-electron chi connectivity index (χ1n) is 12.1. The van der Waals surface area contributed by atoms with Gasteiger partial charge in [0.05, 0.1) is 7.11 Å². The van der Waals surface area contributed by atoms with E-state index in [0.29, 0.717) is 42.8 Å². The van der Waals surface area contributed by atoms with Crippen LogP contribution in [0.1, 0.15) is 52.8 Å². The van der Waals surface area contributed by atoms with Gasteiger partial charge in [0, 0.05) is 37.3 Å². The highest BCUT2D eigenvalue weighted by atomic mass is 16.5. The van der Waals surface area contributed by atoms with Crippen LogP contribution < -0.4 is 10.1 Å². The van der Waals surface area contributed by atoms with Crippen LogP contribution in [0, 0.1) is 5.92 Å². The van der Waals surface area contributed by atoms with Crippen molar-refractivity contribution in [2.24, 2.45) is 5.92 Å². The first-order valence-corrected chi connectivity index (χ1v) is 12.1. The molecule has 0 unspecified atom stereocenters. The molecule has 2 aliphatic heterocycles. The fourth-order valence-corrected chi connectivity index (χ4v) is 4.88. The molecule has 1 atom stereocenters. The number of hydrogen-bond donors (Lipinski definition) is 1. The second-order valence-electron chi connectivity index (χ2n) is 9.06. The number of ether oxygens (including phenoxy) is 1. The van der Waals surface area contributed by atoms with Crippen LogP contribution in [0.3, 0.4) is 0 Å². The van der Waals surface area contributed by atoms with E-state index in [1.165, 1.54) is 0 Å². The summed E-state index contributed by atoms with van der Waals surface area (Å²) in [7, 11) is 1.58. The van der Waals surface area contributed by atoms with Crippen molar-refractivity contribution in [3.8, 4) is 5.75 Å². The molecule has 0 spiro atoms. The number of carbonyl (C=O) groups excluding carboxylic acids is 3. The second kappa shape index (κ2) is 11.2. The monoisotopic (exact) mass is 463 g/mol. The first kappa shape index (κ1) is 23.8. The van der Waals surface area contributed by atoms with E-state index in [2.05, 4.69) is 5.32 Å². The molecule has 0 bridgehead atoms. The molecule has 3 amide bonds. The zero-order valence-electron chi connectivity index (χ0n) is 19.7. The van der Waals surface area contributed by atoms with Crippen molar-refractivity contribution in [1.82, 2.24) is 15.1 Å². The summed E-state index contributed by atoms with van der Waals surface area (Å²) in [5.74, 6) is 0.366. The Balaban J connectivity index is 1.45. The normalized spacial score (nSPS) is 17.7. The Morgan fingerprint density at radius 2 is 1.53 bits per heavy atom. The van der Waals surface area contributed by atoms with Crippen LogP contribution in [0.2, 0.25) is 0 Å². The summed E-state index contributed by atoms with van der Waals surface area (Å²) in [6.45, 7) is 2.57. The zero-order chi connectivity index (χ0) is 23.9. The third kappa shape index (κ3) is 5.58. The maximum atomic E-state index is 13.5. The molecule has 2 aliphatic rings. The number of benzene rings is 2.